The van der Waals surface area contributed by atoms with E-state index in [0.717, 1.165) is 10.1 Å². The minimum Gasteiger partial charge on any atom is -0.394 e. The molecule has 1 aliphatic heterocycles. The third-order valence-corrected chi connectivity index (χ3v) is 4.79. The van der Waals surface area contributed by atoms with E-state index in [9.17, 15) is 20.1 Å². The zero-order valence-electron chi connectivity index (χ0n) is 15.2. The van der Waals surface area contributed by atoms with E-state index in [4.69, 9.17) is 10.5 Å². The highest BCUT2D eigenvalue weighted by molar-refractivity contribution is 5.57. The number of hydrogen-bond acceptors (Lipinski definition) is 9. The average molecular weight is 400 g/mol. The van der Waals surface area contributed by atoms with E-state index in [-0.39, 0.29) is 12.4 Å². The minimum absolute atomic E-state index is 0.00903. The second-order valence-electron chi connectivity index (χ2n) is 6.74. The van der Waals surface area contributed by atoms with Crippen LogP contribution in [0.15, 0.2) is 47.5 Å². The molecule has 152 valence electrons. The van der Waals surface area contributed by atoms with Crippen LogP contribution < -0.4 is 11.4 Å². The molecule has 29 heavy (non-hydrogen) atoms. The molecule has 11 heteroatoms. The molecule has 0 radical (unpaired) electrons. The molecule has 4 unspecified atom stereocenters. The SMILES string of the molecule is Nc1nc(=O)n(C2OC(CO)C(O)C2O)cc1Cn1cc(-c2ccccc2)nn1. The fraction of sp³-hybridized carbons (Fsp3) is 0.333. The molecule has 5 N–H and O–H groups in total. The standard InChI is InChI=1S/C18H20N6O5/c19-16-11(6-23-8-12(21-22-23)10-4-2-1-3-5-10)7-24(18(28)20-16)17-15(27)14(26)13(9-25)29-17/h1-5,7-8,13-15,17,25-27H,6,9H2,(H2,19,20,28). The van der Waals surface area contributed by atoms with E-state index < -0.39 is 36.8 Å². The first-order chi connectivity index (χ1) is 14.0. The normalized spacial score (nSPS) is 24.1. The van der Waals surface area contributed by atoms with Gasteiger partial charge in [0.2, 0.25) is 0 Å². The molecule has 0 amide bonds. The van der Waals surface area contributed by atoms with Crippen molar-refractivity contribution in [1.29, 1.82) is 0 Å². The van der Waals surface area contributed by atoms with E-state index in [1.54, 1.807) is 10.9 Å². The largest absolute Gasteiger partial charge is 0.394 e. The van der Waals surface area contributed by atoms with Crippen LogP contribution in [0.3, 0.4) is 0 Å². The Bertz CT molecular complexity index is 1050. The molecule has 0 saturated carbocycles. The molecule has 11 nitrogen and oxygen atoms in total. The summed E-state index contributed by atoms with van der Waals surface area (Å²) in [7, 11) is 0. The van der Waals surface area contributed by atoms with E-state index in [2.05, 4.69) is 15.3 Å². The Morgan fingerprint density at radius 3 is 2.59 bits per heavy atom. The van der Waals surface area contributed by atoms with E-state index in [1.807, 2.05) is 30.3 Å². The number of aliphatic hydroxyl groups excluding tert-OH is 3. The number of nitrogens with two attached hydrogens (primary N) is 1. The van der Waals surface area contributed by atoms with Crippen LogP contribution in [0.4, 0.5) is 5.82 Å². The fourth-order valence-corrected chi connectivity index (χ4v) is 3.23. The Hall–Kier alpha value is -3.12. The third-order valence-electron chi connectivity index (χ3n) is 4.79. The molecule has 1 saturated heterocycles. The summed E-state index contributed by atoms with van der Waals surface area (Å²) in [6.45, 7) is -0.326. The lowest BCUT2D eigenvalue weighted by atomic mass is 10.1. The number of ether oxygens (including phenoxy) is 1. The molecule has 3 aromatic rings. The third kappa shape index (κ3) is 3.63. The summed E-state index contributed by atoms with van der Waals surface area (Å²) in [5, 5.41) is 37.6. The summed E-state index contributed by atoms with van der Waals surface area (Å²) in [6.07, 6.45) is -1.81. The van der Waals surface area contributed by atoms with Crippen LogP contribution >= 0.6 is 0 Å². The second-order valence-corrected chi connectivity index (χ2v) is 6.74. The Morgan fingerprint density at radius 2 is 1.90 bits per heavy atom. The highest BCUT2D eigenvalue weighted by atomic mass is 16.6. The van der Waals surface area contributed by atoms with Gasteiger partial charge in [0.15, 0.2) is 6.23 Å². The van der Waals surface area contributed by atoms with Gasteiger partial charge in [-0.3, -0.25) is 4.57 Å². The molecular weight excluding hydrogens is 380 g/mol. The zero-order chi connectivity index (χ0) is 20.5. The number of benzene rings is 1. The summed E-state index contributed by atoms with van der Waals surface area (Å²) in [4.78, 5) is 16.0. The smallest absolute Gasteiger partial charge is 0.351 e. The molecule has 1 fully saturated rings. The first kappa shape index (κ1) is 19.2. The van der Waals surface area contributed by atoms with Gasteiger partial charge in [0.05, 0.1) is 19.3 Å². The summed E-state index contributed by atoms with van der Waals surface area (Å²) in [5.74, 6) is 0.00903. The number of aromatic nitrogens is 5. The lowest BCUT2D eigenvalue weighted by Gasteiger charge is -2.18. The first-order valence-corrected chi connectivity index (χ1v) is 8.93. The second kappa shape index (κ2) is 7.72. The molecule has 3 heterocycles. The highest BCUT2D eigenvalue weighted by Gasteiger charge is 2.43. The van der Waals surface area contributed by atoms with Crippen LogP contribution in [0, 0.1) is 0 Å². The summed E-state index contributed by atoms with van der Waals surface area (Å²) in [5.41, 5.74) is 7.18. The van der Waals surface area contributed by atoms with Gasteiger partial charge in [0.25, 0.3) is 0 Å². The minimum atomic E-state index is -1.40. The average Bonchev–Trinajstić information content (AvgIpc) is 3.30. The van der Waals surface area contributed by atoms with E-state index >= 15 is 0 Å². The maximum atomic E-state index is 12.3. The molecule has 0 aliphatic carbocycles. The van der Waals surface area contributed by atoms with Crippen molar-refractivity contribution in [2.24, 2.45) is 0 Å². The number of rotatable bonds is 5. The molecule has 1 aliphatic rings. The van der Waals surface area contributed by atoms with Crippen molar-refractivity contribution >= 4 is 5.82 Å². The predicted molar refractivity (Wildman–Crippen MR) is 100 cm³/mol. The predicted octanol–water partition coefficient (Wildman–Crippen LogP) is -1.26. The van der Waals surface area contributed by atoms with Crippen molar-refractivity contribution in [2.75, 3.05) is 12.3 Å². The maximum Gasteiger partial charge on any atom is 0.351 e. The highest BCUT2D eigenvalue weighted by Crippen LogP contribution is 2.28. The Morgan fingerprint density at radius 1 is 1.14 bits per heavy atom. The summed E-state index contributed by atoms with van der Waals surface area (Å²) < 4.78 is 8.00. The van der Waals surface area contributed by atoms with Gasteiger partial charge in [0.1, 0.15) is 29.8 Å². The Kier molecular flexibility index (Phi) is 5.11. The van der Waals surface area contributed by atoms with E-state index in [1.165, 1.54) is 6.20 Å². The first-order valence-electron chi connectivity index (χ1n) is 8.93. The Labute approximate surface area is 164 Å². The number of nitrogens with zero attached hydrogens (tertiary/aromatic N) is 5. The molecule has 4 rings (SSSR count). The number of anilines is 1. The summed E-state index contributed by atoms with van der Waals surface area (Å²) >= 11 is 0. The van der Waals surface area contributed by atoms with Crippen molar-refractivity contribution in [1.82, 2.24) is 24.5 Å². The van der Waals surface area contributed by atoms with Gasteiger partial charge in [-0.25, -0.2) is 9.48 Å². The van der Waals surface area contributed by atoms with Crippen molar-refractivity contribution in [3.63, 3.8) is 0 Å². The molecule has 4 atom stereocenters. The lowest BCUT2D eigenvalue weighted by molar-refractivity contribution is -0.0550. The van der Waals surface area contributed by atoms with Crippen molar-refractivity contribution in [3.8, 4) is 11.3 Å². The molecule has 0 spiro atoms. The van der Waals surface area contributed by atoms with Crippen LogP contribution in [0.2, 0.25) is 0 Å². The number of aliphatic hydroxyl groups is 3. The van der Waals surface area contributed by atoms with Gasteiger partial charge in [-0.05, 0) is 0 Å². The van der Waals surface area contributed by atoms with Gasteiger partial charge >= 0.3 is 5.69 Å². The monoisotopic (exact) mass is 400 g/mol. The van der Waals surface area contributed by atoms with Crippen LogP contribution in [0.5, 0.6) is 0 Å². The quantitative estimate of drug-likeness (QED) is 0.410. The van der Waals surface area contributed by atoms with Gasteiger partial charge in [-0.2, -0.15) is 4.98 Å². The molecule has 2 aromatic heterocycles. The number of hydrogen-bond donors (Lipinski definition) is 4. The van der Waals surface area contributed by atoms with Gasteiger partial charge in [-0.15, -0.1) is 5.10 Å². The molecule has 1 aromatic carbocycles. The van der Waals surface area contributed by atoms with Crippen molar-refractivity contribution < 1.29 is 20.1 Å². The maximum absolute atomic E-state index is 12.3. The van der Waals surface area contributed by atoms with Gasteiger partial charge < -0.3 is 25.8 Å². The van der Waals surface area contributed by atoms with E-state index in [0.29, 0.717) is 11.3 Å². The zero-order valence-corrected chi connectivity index (χ0v) is 15.2. The van der Waals surface area contributed by atoms with Gasteiger partial charge in [0, 0.05) is 17.3 Å². The summed E-state index contributed by atoms with van der Waals surface area (Å²) in [6, 6.07) is 9.51. The van der Waals surface area contributed by atoms with Crippen LogP contribution in [-0.2, 0) is 11.3 Å². The van der Waals surface area contributed by atoms with Crippen molar-refractivity contribution in [3.05, 3.63) is 58.8 Å². The van der Waals surface area contributed by atoms with Crippen molar-refractivity contribution in [2.45, 2.75) is 31.1 Å². The van der Waals surface area contributed by atoms with Crippen LogP contribution in [0.1, 0.15) is 11.8 Å². The van der Waals surface area contributed by atoms with Gasteiger partial charge in [-0.1, -0.05) is 35.5 Å². The van der Waals surface area contributed by atoms with Crippen LogP contribution in [-0.4, -0.2) is 64.8 Å². The number of nitrogen functional groups attached to an aromatic ring is 1. The molecule has 0 bridgehead atoms. The molecular formula is C18H20N6O5. The fourth-order valence-electron chi connectivity index (χ4n) is 3.23. The Balaban J connectivity index is 1.62. The topological polar surface area (TPSA) is 162 Å². The van der Waals surface area contributed by atoms with Crippen LogP contribution in [0.25, 0.3) is 11.3 Å². The lowest BCUT2D eigenvalue weighted by Crippen LogP contribution is -2.36.